The maximum Gasteiger partial charge on any atom is 0.225 e. The van der Waals surface area contributed by atoms with Crippen LogP contribution in [0.5, 0.6) is 11.8 Å². The lowest BCUT2D eigenvalue weighted by Gasteiger charge is -2.14. The number of fused-ring (bicyclic) bond motifs is 1. The second-order valence-corrected chi connectivity index (χ2v) is 8.22. The number of pyridine rings is 2. The Hall–Kier alpha value is -3.70. The van der Waals surface area contributed by atoms with Crippen LogP contribution in [0, 0.1) is 0 Å². The predicted octanol–water partition coefficient (Wildman–Crippen LogP) is 7.32. The number of halogens is 1. The molecule has 164 valence electrons. The lowest BCUT2D eigenvalue weighted by molar-refractivity contribution is 0.283. The van der Waals surface area contributed by atoms with Crippen molar-refractivity contribution in [3.63, 3.8) is 0 Å². The van der Waals surface area contributed by atoms with Gasteiger partial charge in [-0.2, -0.15) is 4.98 Å². The summed E-state index contributed by atoms with van der Waals surface area (Å²) in [6.07, 6.45) is 7.14. The average molecular weight is 499 g/mol. The molecule has 2 heterocycles. The highest BCUT2D eigenvalue weighted by molar-refractivity contribution is 9.10. The Morgan fingerprint density at radius 2 is 1.82 bits per heavy atom. The van der Waals surface area contributed by atoms with Gasteiger partial charge in [0.15, 0.2) is 0 Å². The highest BCUT2D eigenvalue weighted by atomic mass is 79.9. The molecule has 0 radical (unpaired) electrons. The molecule has 0 N–H and O–H groups in total. The van der Waals surface area contributed by atoms with Gasteiger partial charge in [0.2, 0.25) is 11.8 Å². The fraction of sp³-hybridized carbons (Fsp3) is 0.0714. The molecule has 0 fully saturated rings. The topological polar surface area (TPSA) is 44.2 Å². The van der Waals surface area contributed by atoms with Gasteiger partial charge in [-0.3, -0.25) is 4.98 Å². The number of ether oxygens (including phenoxy) is 2. The second-order valence-electron chi connectivity index (χ2n) is 7.31. The van der Waals surface area contributed by atoms with Gasteiger partial charge in [-0.15, -0.1) is 0 Å². The Labute approximate surface area is 202 Å². The molecule has 5 heteroatoms. The van der Waals surface area contributed by atoms with Crippen molar-refractivity contribution >= 4 is 26.8 Å². The summed E-state index contributed by atoms with van der Waals surface area (Å²) >= 11 is 3.53. The van der Waals surface area contributed by atoms with Crippen LogP contribution in [-0.2, 0) is 6.61 Å². The van der Waals surface area contributed by atoms with Crippen molar-refractivity contribution in [3.05, 3.63) is 120 Å². The van der Waals surface area contributed by atoms with Crippen molar-refractivity contribution in [1.29, 1.82) is 0 Å². The van der Waals surface area contributed by atoms with E-state index in [0.717, 1.165) is 37.6 Å². The lowest BCUT2D eigenvalue weighted by Crippen LogP contribution is -2.04. The summed E-state index contributed by atoms with van der Waals surface area (Å²) in [7, 11) is 0. The molecule has 0 saturated carbocycles. The first-order chi connectivity index (χ1) is 16.2. The zero-order valence-corrected chi connectivity index (χ0v) is 19.7. The molecule has 0 saturated heterocycles. The molecule has 33 heavy (non-hydrogen) atoms. The third-order valence-electron chi connectivity index (χ3n) is 4.99. The van der Waals surface area contributed by atoms with E-state index in [0.29, 0.717) is 25.0 Å². The number of nitrogens with zero attached hydrogens (tertiary/aromatic N) is 2. The van der Waals surface area contributed by atoms with E-state index in [1.807, 2.05) is 72.9 Å². The van der Waals surface area contributed by atoms with E-state index >= 15 is 0 Å². The summed E-state index contributed by atoms with van der Waals surface area (Å²) in [6, 6.07) is 21.9. The van der Waals surface area contributed by atoms with Gasteiger partial charge in [-0.1, -0.05) is 77.6 Å². The molecule has 2 aromatic carbocycles. The SMILES string of the molecule is C=C/C=C(\C=C)COc1ccc(-c2cnc3ccc(Br)cc3c2)c(OCc2ccccc2)n1. The fourth-order valence-corrected chi connectivity index (χ4v) is 3.67. The highest BCUT2D eigenvalue weighted by Crippen LogP contribution is 2.33. The molecule has 4 aromatic rings. The van der Waals surface area contributed by atoms with Crippen molar-refractivity contribution in [2.75, 3.05) is 6.61 Å². The first-order valence-corrected chi connectivity index (χ1v) is 11.3. The molecule has 0 unspecified atom stereocenters. The van der Waals surface area contributed by atoms with Crippen LogP contribution in [0.1, 0.15) is 5.56 Å². The molecule has 4 rings (SSSR count). The summed E-state index contributed by atoms with van der Waals surface area (Å²) < 4.78 is 13.0. The summed E-state index contributed by atoms with van der Waals surface area (Å²) in [5.74, 6) is 0.954. The molecular weight excluding hydrogens is 476 g/mol. The molecule has 0 spiro atoms. The Morgan fingerprint density at radius 1 is 0.970 bits per heavy atom. The Balaban J connectivity index is 1.68. The van der Waals surface area contributed by atoms with Crippen LogP contribution < -0.4 is 9.47 Å². The zero-order valence-electron chi connectivity index (χ0n) is 18.1. The van der Waals surface area contributed by atoms with Crippen molar-refractivity contribution in [1.82, 2.24) is 9.97 Å². The van der Waals surface area contributed by atoms with Gasteiger partial charge in [-0.25, -0.2) is 0 Å². The quantitative estimate of drug-likeness (QED) is 0.227. The predicted molar refractivity (Wildman–Crippen MR) is 137 cm³/mol. The number of benzene rings is 2. The Kier molecular flexibility index (Phi) is 7.33. The van der Waals surface area contributed by atoms with Crippen LogP contribution in [0.25, 0.3) is 22.0 Å². The van der Waals surface area contributed by atoms with Crippen molar-refractivity contribution < 1.29 is 9.47 Å². The van der Waals surface area contributed by atoms with Crippen LogP contribution in [0.2, 0.25) is 0 Å². The molecule has 0 bridgehead atoms. The minimum absolute atomic E-state index is 0.339. The number of hydrogen-bond acceptors (Lipinski definition) is 4. The molecule has 0 aliphatic heterocycles. The molecule has 0 aliphatic rings. The molecule has 0 atom stereocenters. The minimum Gasteiger partial charge on any atom is -0.473 e. The first-order valence-electron chi connectivity index (χ1n) is 10.5. The minimum atomic E-state index is 0.339. The first kappa shape index (κ1) is 22.5. The number of aromatic nitrogens is 2. The standard InChI is InChI=1S/C28H23BrN2O2/c1-3-8-20(4-2)18-32-27-14-12-25(28(31-27)33-19-21-9-6-5-7-10-21)23-15-22-16-24(29)11-13-26(22)30-17-23/h3-17H,1-2,18-19H2/b20-8+. The summed E-state index contributed by atoms with van der Waals surface area (Å²) in [6.45, 7) is 8.26. The highest BCUT2D eigenvalue weighted by Gasteiger charge is 2.13. The molecule has 4 nitrogen and oxygen atoms in total. The lowest BCUT2D eigenvalue weighted by atomic mass is 10.1. The van der Waals surface area contributed by atoms with E-state index < -0.39 is 0 Å². The largest absolute Gasteiger partial charge is 0.473 e. The molecular formula is C28H23BrN2O2. The molecule has 0 amide bonds. The summed E-state index contributed by atoms with van der Waals surface area (Å²) in [5.41, 5.74) is 4.65. The second kappa shape index (κ2) is 10.7. The molecule has 2 aromatic heterocycles. The summed E-state index contributed by atoms with van der Waals surface area (Å²) in [5, 5.41) is 1.03. The van der Waals surface area contributed by atoms with Gasteiger partial charge in [0.25, 0.3) is 0 Å². The van der Waals surface area contributed by atoms with Crippen molar-refractivity contribution in [2.45, 2.75) is 6.61 Å². The third-order valence-corrected chi connectivity index (χ3v) is 5.48. The van der Waals surface area contributed by atoms with Crippen LogP contribution in [0.3, 0.4) is 0 Å². The van der Waals surface area contributed by atoms with Gasteiger partial charge in [-0.05, 0) is 41.5 Å². The van der Waals surface area contributed by atoms with E-state index in [4.69, 9.17) is 9.47 Å². The summed E-state index contributed by atoms with van der Waals surface area (Å²) in [4.78, 5) is 9.27. The maximum absolute atomic E-state index is 6.16. The number of rotatable bonds is 9. The maximum atomic E-state index is 6.16. The van der Waals surface area contributed by atoms with E-state index in [1.165, 1.54) is 0 Å². The average Bonchev–Trinajstić information content (AvgIpc) is 2.85. The van der Waals surface area contributed by atoms with Crippen LogP contribution >= 0.6 is 15.9 Å². The Bertz CT molecular complexity index is 1320. The molecule has 0 aliphatic carbocycles. The van der Waals surface area contributed by atoms with E-state index in [2.05, 4.69) is 45.1 Å². The van der Waals surface area contributed by atoms with Crippen LogP contribution in [0.4, 0.5) is 0 Å². The van der Waals surface area contributed by atoms with Gasteiger partial charge in [0, 0.05) is 33.2 Å². The van der Waals surface area contributed by atoms with E-state index in [-0.39, 0.29) is 0 Å². The van der Waals surface area contributed by atoms with Gasteiger partial charge < -0.3 is 9.47 Å². The fourth-order valence-electron chi connectivity index (χ4n) is 3.29. The number of allylic oxidation sites excluding steroid dienone is 2. The third kappa shape index (κ3) is 5.76. The number of hydrogen-bond donors (Lipinski definition) is 0. The smallest absolute Gasteiger partial charge is 0.225 e. The van der Waals surface area contributed by atoms with Crippen LogP contribution in [0.15, 0.2) is 114 Å². The van der Waals surface area contributed by atoms with Gasteiger partial charge >= 0.3 is 0 Å². The normalized spacial score (nSPS) is 11.2. The zero-order chi connectivity index (χ0) is 23.0. The van der Waals surface area contributed by atoms with E-state index in [1.54, 1.807) is 12.2 Å². The Morgan fingerprint density at radius 3 is 2.61 bits per heavy atom. The monoisotopic (exact) mass is 498 g/mol. The van der Waals surface area contributed by atoms with E-state index in [9.17, 15) is 0 Å². The van der Waals surface area contributed by atoms with Crippen LogP contribution in [-0.4, -0.2) is 16.6 Å². The van der Waals surface area contributed by atoms with Crippen molar-refractivity contribution in [2.24, 2.45) is 0 Å². The van der Waals surface area contributed by atoms with Gasteiger partial charge in [0.1, 0.15) is 13.2 Å². The van der Waals surface area contributed by atoms with Gasteiger partial charge in [0.05, 0.1) is 5.52 Å². The van der Waals surface area contributed by atoms with Crippen molar-refractivity contribution in [3.8, 4) is 22.9 Å².